The molecule has 0 unspecified atom stereocenters. The van der Waals surface area contributed by atoms with Crippen LogP contribution in [0.25, 0.3) is 11.1 Å². The Kier molecular flexibility index (Phi) is 2.37. The molecule has 0 amide bonds. The second-order valence-corrected chi connectivity index (χ2v) is 4.62. The SMILES string of the molecule is ClCCC1(c2ccc3ncoc3c2)COC1. The number of fused-ring (bicyclic) bond motifs is 1. The molecule has 16 heavy (non-hydrogen) atoms. The van der Waals surface area contributed by atoms with E-state index in [1.807, 2.05) is 6.07 Å². The van der Waals surface area contributed by atoms with Gasteiger partial charge < -0.3 is 9.15 Å². The molecule has 0 aliphatic carbocycles. The van der Waals surface area contributed by atoms with Gasteiger partial charge in [-0.25, -0.2) is 4.98 Å². The summed E-state index contributed by atoms with van der Waals surface area (Å²) in [4.78, 5) is 4.11. The van der Waals surface area contributed by atoms with Crippen molar-refractivity contribution < 1.29 is 9.15 Å². The molecule has 1 aromatic heterocycles. The smallest absolute Gasteiger partial charge is 0.181 e. The van der Waals surface area contributed by atoms with Crippen molar-refractivity contribution in [2.24, 2.45) is 0 Å². The molecule has 0 spiro atoms. The number of nitrogens with zero attached hydrogens (tertiary/aromatic N) is 1. The van der Waals surface area contributed by atoms with E-state index in [2.05, 4.69) is 17.1 Å². The molecular weight excluding hydrogens is 226 g/mol. The molecule has 0 bridgehead atoms. The van der Waals surface area contributed by atoms with Gasteiger partial charge in [0.05, 0.1) is 13.2 Å². The highest BCUT2D eigenvalue weighted by Crippen LogP contribution is 2.37. The summed E-state index contributed by atoms with van der Waals surface area (Å²) in [7, 11) is 0. The van der Waals surface area contributed by atoms with Gasteiger partial charge in [0.2, 0.25) is 0 Å². The maximum absolute atomic E-state index is 5.85. The molecule has 1 aromatic carbocycles. The Morgan fingerprint density at radius 1 is 1.38 bits per heavy atom. The maximum atomic E-state index is 5.85. The minimum Gasteiger partial charge on any atom is -0.443 e. The zero-order chi connectivity index (χ0) is 11.0. The number of benzene rings is 1. The van der Waals surface area contributed by atoms with Crippen LogP contribution in [0.1, 0.15) is 12.0 Å². The topological polar surface area (TPSA) is 35.3 Å². The van der Waals surface area contributed by atoms with E-state index >= 15 is 0 Å². The first-order valence-electron chi connectivity index (χ1n) is 5.31. The van der Waals surface area contributed by atoms with E-state index in [-0.39, 0.29) is 5.41 Å². The van der Waals surface area contributed by atoms with Gasteiger partial charge in [0.15, 0.2) is 12.0 Å². The van der Waals surface area contributed by atoms with E-state index in [0.717, 1.165) is 30.7 Å². The lowest BCUT2D eigenvalue weighted by Gasteiger charge is -2.41. The van der Waals surface area contributed by atoms with Gasteiger partial charge in [0, 0.05) is 11.3 Å². The summed E-state index contributed by atoms with van der Waals surface area (Å²) in [6.45, 7) is 1.50. The monoisotopic (exact) mass is 237 g/mol. The Bertz CT molecular complexity index is 504. The summed E-state index contributed by atoms with van der Waals surface area (Å²) in [5.74, 6) is 0.651. The fourth-order valence-electron chi connectivity index (χ4n) is 2.17. The van der Waals surface area contributed by atoms with Crippen molar-refractivity contribution in [3.63, 3.8) is 0 Å². The van der Waals surface area contributed by atoms with Crippen molar-refractivity contribution in [3.05, 3.63) is 30.2 Å². The summed E-state index contributed by atoms with van der Waals surface area (Å²) in [5.41, 5.74) is 3.05. The number of rotatable bonds is 3. The zero-order valence-corrected chi connectivity index (χ0v) is 9.54. The Balaban J connectivity index is 2.03. The van der Waals surface area contributed by atoms with Crippen molar-refractivity contribution in [2.75, 3.05) is 19.1 Å². The lowest BCUT2D eigenvalue weighted by molar-refractivity contribution is -0.0615. The first-order chi connectivity index (χ1) is 7.84. The van der Waals surface area contributed by atoms with Crippen molar-refractivity contribution in [1.82, 2.24) is 4.98 Å². The lowest BCUT2D eigenvalue weighted by Crippen LogP contribution is -2.47. The van der Waals surface area contributed by atoms with Crippen LogP contribution in [0, 0.1) is 0 Å². The van der Waals surface area contributed by atoms with Crippen LogP contribution in [0.15, 0.2) is 29.0 Å². The first kappa shape index (κ1) is 10.1. The molecule has 0 saturated carbocycles. The van der Waals surface area contributed by atoms with Crippen molar-refractivity contribution >= 4 is 22.7 Å². The van der Waals surface area contributed by atoms with Gasteiger partial charge in [0.1, 0.15) is 5.52 Å². The number of ether oxygens (including phenoxy) is 1. The highest BCUT2D eigenvalue weighted by Gasteiger charge is 2.39. The summed E-state index contributed by atoms with van der Waals surface area (Å²) in [6, 6.07) is 6.14. The van der Waals surface area contributed by atoms with Crippen LogP contribution in [0.5, 0.6) is 0 Å². The van der Waals surface area contributed by atoms with E-state index in [1.54, 1.807) is 0 Å². The highest BCUT2D eigenvalue weighted by atomic mass is 35.5. The third-order valence-electron chi connectivity index (χ3n) is 3.27. The van der Waals surface area contributed by atoms with Crippen molar-refractivity contribution in [2.45, 2.75) is 11.8 Å². The molecule has 3 nitrogen and oxygen atoms in total. The quantitative estimate of drug-likeness (QED) is 0.770. The molecule has 2 heterocycles. The van der Waals surface area contributed by atoms with Gasteiger partial charge in [-0.3, -0.25) is 0 Å². The van der Waals surface area contributed by atoms with Gasteiger partial charge in [0.25, 0.3) is 0 Å². The fraction of sp³-hybridized carbons (Fsp3) is 0.417. The Hall–Kier alpha value is -1.06. The van der Waals surface area contributed by atoms with Crippen LogP contribution in [-0.4, -0.2) is 24.1 Å². The fourth-order valence-corrected chi connectivity index (χ4v) is 2.53. The minimum absolute atomic E-state index is 0.0860. The van der Waals surface area contributed by atoms with Gasteiger partial charge >= 0.3 is 0 Å². The maximum Gasteiger partial charge on any atom is 0.181 e. The number of oxazole rings is 1. The van der Waals surface area contributed by atoms with E-state index < -0.39 is 0 Å². The molecule has 4 heteroatoms. The molecule has 1 saturated heterocycles. The lowest BCUT2D eigenvalue weighted by atomic mass is 9.76. The average molecular weight is 238 g/mol. The van der Waals surface area contributed by atoms with Crippen LogP contribution in [0.4, 0.5) is 0 Å². The third-order valence-corrected chi connectivity index (χ3v) is 3.46. The minimum atomic E-state index is 0.0860. The summed E-state index contributed by atoms with van der Waals surface area (Å²) >= 11 is 5.85. The van der Waals surface area contributed by atoms with Crippen LogP contribution in [0.3, 0.4) is 0 Å². The number of hydrogen-bond donors (Lipinski definition) is 0. The molecule has 0 atom stereocenters. The molecule has 1 fully saturated rings. The third kappa shape index (κ3) is 1.43. The van der Waals surface area contributed by atoms with Crippen LogP contribution < -0.4 is 0 Å². The molecule has 2 aromatic rings. The van der Waals surface area contributed by atoms with E-state index in [1.165, 1.54) is 12.0 Å². The van der Waals surface area contributed by atoms with E-state index in [4.69, 9.17) is 20.8 Å². The van der Waals surface area contributed by atoms with Gasteiger partial charge in [-0.05, 0) is 24.1 Å². The molecule has 0 radical (unpaired) electrons. The second kappa shape index (κ2) is 3.75. The molecule has 84 valence electrons. The number of aromatic nitrogens is 1. The summed E-state index contributed by atoms with van der Waals surface area (Å²) in [5, 5.41) is 0. The standard InChI is InChI=1S/C12H12ClNO2/c13-4-3-12(6-15-7-12)9-1-2-10-11(5-9)16-8-14-10/h1-2,5,8H,3-4,6-7H2. The Morgan fingerprint density at radius 2 is 2.25 bits per heavy atom. The van der Waals surface area contributed by atoms with Gasteiger partial charge in [-0.2, -0.15) is 0 Å². The van der Waals surface area contributed by atoms with Crippen LogP contribution >= 0.6 is 11.6 Å². The molecule has 3 rings (SSSR count). The largest absolute Gasteiger partial charge is 0.443 e. The Morgan fingerprint density at radius 3 is 2.94 bits per heavy atom. The van der Waals surface area contributed by atoms with Crippen molar-refractivity contribution in [3.8, 4) is 0 Å². The summed E-state index contributed by atoms with van der Waals surface area (Å²) < 4.78 is 10.6. The number of alkyl halides is 1. The zero-order valence-electron chi connectivity index (χ0n) is 8.78. The van der Waals surface area contributed by atoms with E-state index in [9.17, 15) is 0 Å². The van der Waals surface area contributed by atoms with Gasteiger partial charge in [-0.1, -0.05) is 6.07 Å². The van der Waals surface area contributed by atoms with Crippen LogP contribution in [-0.2, 0) is 10.2 Å². The number of hydrogen-bond acceptors (Lipinski definition) is 3. The number of halogens is 1. The Labute approximate surface area is 98.4 Å². The van der Waals surface area contributed by atoms with Crippen molar-refractivity contribution in [1.29, 1.82) is 0 Å². The molecular formula is C12H12ClNO2. The second-order valence-electron chi connectivity index (χ2n) is 4.25. The predicted octanol–water partition coefficient (Wildman–Crippen LogP) is 2.72. The predicted molar refractivity (Wildman–Crippen MR) is 61.8 cm³/mol. The van der Waals surface area contributed by atoms with E-state index in [0.29, 0.717) is 5.88 Å². The normalized spacial score (nSPS) is 18.6. The summed E-state index contributed by atoms with van der Waals surface area (Å²) in [6.07, 6.45) is 2.41. The highest BCUT2D eigenvalue weighted by molar-refractivity contribution is 6.17. The van der Waals surface area contributed by atoms with Gasteiger partial charge in [-0.15, -0.1) is 11.6 Å². The van der Waals surface area contributed by atoms with Crippen LogP contribution in [0.2, 0.25) is 0 Å². The molecule has 0 N–H and O–H groups in total. The first-order valence-corrected chi connectivity index (χ1v) is 5.85. The molecule has 1 aliphatic rings. The average Bonchev–Trinajstić information content (AvgIpc) is 2.70. The molecule has 1 aliphatic heterocycles.